The van der Waals surface area contributed by atoms with Gasteiger partial charge in [-0.25, -0.2) is 14.7 Å². The summed E-state index contributed by atoms with van der Waals surface area (Å²) < 4.78 is 11.0. The van der Waals surface area contributed by atoms with E-state index in [9.17, 15) is 14.4 Å². The van der Waals surface area contributed by atoms with Crippen LogP contribution in [0.1, 0.15) is 5.76 Å². The summed E-state index contributed by atoms with van der Waals surface area (Å²) in [4.78, 5) is 46.0. The lowest BCUT2D eigenvalue weighted by Gasteiger charge is -2.13. The lowest BCUT2D eigenvalue weighted by Crippen LogP contribution is -2.38. The molecule has 0 saturated carbocycles. The fourth-order valence-corrected chi connectivity index (χ4v) is 4.25. The molecule has 1 aliphatic rings. The van der Waals surface area contributed by atoms with Crippen LogP contribution >= 0.6 is 11.8 Å². The number of nitrogens with one attached hydrogen (secondary N) is 3. The van der Waals surface area contributed by atoms with Crippen LogP contribution in [0.5, 0.6) is 5.75 Å². The zero-order valence-corrected chi connectivity index (χ0v) is 19.2. The zero-order chi connectivity index (χ0) is 24.4. The Morgan fingerprint density at radius 2 is 1.94 bits per heavy atom. The van der Waals surface area contributed by atoms with Crippen molar-refractivity contribution in [2.75, 3.05) is 19.0 Å². The van der Waals surface area contributed by atoms with Gasteiger partial charge in [-0.05, 0) is 48.2 Å². The lowest BCUT2D eigenvalue weighted by atomic mass is 10.3. The molecule has 5 rings (SSSR count). The van der Waals surface area contributed by atoms with Gasteiger partial charge in [-0.2, -0.15) is 0 Å². The number of benzene rings is 2. The van der Waals surface area contributed by atoms with Gasteiger partial charge in [0.05, 0.1) is 23.8 Å². The van der Waals surface area contributed by atoms with Crippen molar-refractivity contribution in [3.8, 4) is 5.75 Å². The predicted molar refractivity (Wildman–Crippen MR) is 129 cm³/mol. The highest BCUT2D eigenvalue weighted by molar-refractivity contribution is 7.99. The molecule has 10 nitrogen and oxygen atoms in total. The molecule has 0 atom stereocenters. The lowest BCUT2D eigenvalue weighted by molar-refractivity contribution is -0.127. The monoisotopic (exact) mass is 489 g/mol. The summed E-state index contributed by atoms with van der Waals surface area (Å²) in [5, 5.41) is 6.34. The normalized spacial score (nSPS) is 14.5. The molecule has 1 saturated heterocycles. The number of amides is 4. The number of urea groups is 1. The highest BCUT2D eigenvalue weighted by Crippen LogP contribution is 2.30. The van der Waals surface area contributed by atoms with Crippen molar-refractivity contribution in [3.63, 3.8) is 0 Å². The molecule has 2 aromatic carbocycles. The van der Waals surface area contributed by atoms with Crippen molar-refractivity contribution in [1.82, 2.24) is 20.2 Å². The number of ether oxygens (including phenoxy) is 1. The van der Waals surface area contributed by atoms with Gasteiger partial charge in [-0.3, -0.25) is 9.59 Å². The Balaban J connectivity index is 1.24. The second-order valence-electron chi connectivity index (χ2n) is 7.45. The highest BCUT2D eigenvalue weighted by Gasteiger charge is 2.35. The molecule has 1 aliphatic heterocycles. The molecule has 4 aromatic rings. The number of rotatable bonds is 7. The molecule has 2 aromatic heterocycles. The molecule has 0 bridgehead atoms. The zero-order valence-electron chi connectivity index (χ0n) is 18.4. The number of imidazole rings is 1. The summed E-state index contributed by atoms with van der Waals surface area (Å²) in [5.74, 6) is -0.338. The second kappa shape index (κ2) is 9.39. The Bertz CT molecular complexity index is 1440. The third-order valence-corrected chi connectivity index (χ3v) is 5.91. The highest BCUT2D eigenvalue weighted by atomic mass is 32.2. The first-order valence-corrected chi connectivity index (χ1v) is 11.3. The number of para-hydroxylation sites is 4. The first-order valence-electron chi connectivity index (χ1n) is 10.5. The number of imide groups is 1. The van der Waals surface area contributed by atoms with E-state index in [1.165, 1.54) is 24.9 Å². The molecule has 4 amide bonds. The van der Waals surface area contributed by atoms with E-state index in [-0.39, 0.29) is 5.70 Å². The molecule has 0 unspecified atom stereocenters. The Kier molecular flexibility index (Phi) is 5.98. The van der Waals surface area contributed by atoms with Crippen LogP contribution in [0.25, 0.3) is 17.1 Å². The van der Waals surface area contributed by atoms with E-state index in [2.05, 4.69) is 20.6 Å². The van der Waals surface area contributed by atoms with E-state index in [4.69, 9.17) is 9.15 Å². The van der Waals surface area contributed by atoms with Crippen molar-refractivity contribution in [2.45, 2.75) is 10.2 Å². The number of anilines is 1. The molecule has 0 radical (unpaired) electrons. The summed E-state index contributed by atoms with van der Waals surface area (Å²) in [5.41, 5.74) is 2.21. The van der Waals surface area contributed by atoms with Crippen molar-refractivity contribution >= 4 is 52.4 Å². The largest absolute Gasteiger partial charge is 0.495 e. The Morgan fingerprint density at radius 1 is 1.14 bits per heavy atom. The maximum Gasteiger partial charge on any atom is 0.329 e. The van der Waals surface area contributed by atoms with Crippen LogP contribution in [-0.4, -0.2) is 46.4 Å². The van der Waals surface area contributed by atoms with E-state index >= 15 is 0 Å². The summed E-state index contributed by atoms with van der Waals surface area (Å²) >= 11 is 1.30. The molecule has 3 N–H and O–H groups in total. The van der Waals surface area contributed by atoms with Gasteiger partial charge in [0.1, 0.15) is 23.8 Å². The van der Waals surface area contributed by atoms with Gasteiger partial charge in [-0.15, -0.1) is 0 Å². The topological polar surface area (TPSA) is 130 Å². The smallest absolute Gasteiger partial charge is 0.329 e. The fraction of sp³-hybridized carbons (Fsp3) is 0.0833. The maximum absolute atomic E-state index is 12.7. The first-order chi connectivity index (χ1) is 17.0. The van der Waals surface area contributed by atoms with Crippen molar-refractivity contribution in [2.24, 2.45) is 0 Å². The van der Waals surface area contributed by atoms with E-state index in [0.29, 0.717) is 27.4 Å². The molecule has 3 heterocycles. The number of hydrogen-bond acceptors (Lipinski definition) is 7. The van der Waals surface area contributed by atoms with Crippen LogP contribution in [0, 0.1) is 0 Å². The molecule has 176 valence electrons. The van der Waals surface area contributed by atoms with Gasteiger partial charge in [0.2, 0.25) is 5.91 Å². The molecule has 0 spiro atoms. The maximum atomic E-state index is 12.7. The number of furan rings is 1. The van der Waals surface area contributed by atoms with Gasteiger partial charge in [0.15, 0.2) is 10.2 Å². The number of nitrogens with zero attached hydrogens (tertiary/aromatic N) is 2. The van der Waals surface area contributed by atoms with E-state index in [0.717, 1.165) is 15.9 Å². The SMILES string of the molecule is COc1ccccc1NC(=O)CN1C(=O)N/C(=C/c2ccc(Sc3nc4ccccc4[nH]3)o2)C1=O. The number of aromatic nitrogens is 2. The molecule has 0 aliphatic carbocycles. The van der Waals surface area contributed by atoms with Gasteiger partial charge < -0.3 is 24.8 Å². The third kappa shape index (κ3) is 4.75. The average molecular weight is 490 g/mol. The minimum Gasteiger partial charge on any atom is -0.495 e. The van der Waals surface area contributed by atoms with E-state index in [1.54, 1.807) is 36.4 Å². The minimum atomic E-state index is -0.695. The molecular weight excluding hydrogens is 470 g/mol. The standard InChI is InChI=1S/C24H19N5O5S/c1-33-19-9-5-4-8-17(19)25-20(30)13-29-22(31)18(28-24(29)32)12-14-10-11-21(34-14)35-23-26-15-6-2-3-7-16(15)27-23/h2-12H,13H2,1H3,(H,25,30)(H,26,27)(H,28,32)/b18-12+. The Hall–Kier alpha value is -4.51. The number of carbonyl (C=O) groups excluding carboxylic acids is 3. The third-order valence-electron chi connectivity index (χ3n) is 5.10. The van der Waals surface area contributed by atoms with Crippen LogP contribution < -0.4 is 15.4 Å². The summed E-state index contributed by atoms with van der Waals surface area (Å²) in [6.07, 6.45) is 1.42. The van der Waals surface area contributed by atoms with Crippen LogP contribution in [0.2, 0.25) is 0 Å². The number of methoxy groups -OCH3 is 1. The summed E-state index contributed by atoms with van der Waals surface area (Å²) in [7, 11) is 1.48. The van der Waals surface area contributed by atoms with Crippen molar-refractivity contribution in [1.29, 1.82) is 0 Å². The van der Waals surface area contributed by atoms with Crippen LogP contribution in [0.4, 0.5) is 10.5 Å². The first kappa shape index (κ1) is 22.3. The molecule has 35 heavy (non-hydrogen) atoms. The van der Waals surface area contributed by atoms with Gasteiger partial charge >= 0.3 is 6.03 Å². The molecular formula is C24H19N5O5S. The number of fused-ring (bicyclic) bond motifs is 1. The van der Waals surface area contributed by atoms with Crippen LogP contribution in [0.15, 0.2) is 81.0 Å². The van der Waals surface area contributed by atoms with Crippen LogP contribution in [-0.2, 0) is 9.59 Å². The van der Waals surface area contributed by atoms with E-state index < -0.39 is 24.4 Å². The van der Waals surface area contributed by atoms with Crippen molar-refractivity contribution < 1.29 is 23.5 Å². The Labute approximate surface area is 203 Å². The van der Waals surface area contributed by atoms with Crippen molar-refractivity contribution in [3.05, 3.63) is 72.1 Å². The van der Waals surface area contributed by atoms with Gasteiger partial charge in [0, 0.05) is 6.08 Å². The van der Waals surface area contributed by atoms with E-state index in [1.807, 2.05) is 24.3 Å². The average Bonchev–Trinajstić information content (AvgIpc) is 3.54. The summed E-state index contributed by atoms with van der Waals surface area (Å²) in [6, 6.07) is 17.2. The van der Waals surface area contributed by atoms with Crippen LogP contribution in [0.3, 0.4) is 0 Å². The molecule has 1 fully saturated rings. The second-order valence-corrected chi connectivity index (χ2v) is 8.44. The number of aromatic amines is 1. The summed E-state index contributed by atoms with van der Waals surface area (Å²) in [6.45, 7) is -0.453. The van der Waals surface area contributed by atoms with Gasteiger partial charge in [0.25, 0.3) is 5.91 Å². The number of H-pyrrole nitrogens is 1. The minimum absolute atomic E-state index is 0.00901. The number of carbonyl (C=O) groups is 3. The quantitative estimate of drug-likeness (QED) is 0.266. The number of hydrogen-bond donors (Lipinski definition) is 3. The fourth-order valence-electron chi connectivity index (χ4n) is 3.48. The molecule has 11 heteroatoms. The van der Waals surface area contributed by atoms with Gasteiger partial charge in [-0.1, -0.05) is 24.3 Å². The predicted octanol–water partition coefficient (Wildman–Crippen LogP) is 3.85. The Morgan fingerprint density at radius 3 is 2.77 bits per heavy atom.